The maximum Gasteiger partial charge on any atom is 0.229 e. The molecule has 23 heavy (non-hydrogen) atoms. The molecule has 0 fully saturated rings. The topological polar surface area (TPSA) is 58.6 Å². The highest BCUT2D eigenvalue weighted by atomic mass is 16.5. The van der Waals surface area contributed by atoms with E-state index in [-0.39, 0.29) is 5.91 Å². The fourth-order valence-corrected chi connectivity index (χ4v) is 2.13. The Hall–Kier alpha value is -2.33. The summed E-state index contributed by atoms with van der Waals surface area (Å²) in [4.78, 5) is 12.3. The third kappa shape index (κ3) is 4.11. The number of rotatable bonds is 4. The second-order valence-electron chi connectivity index (χ2n) is 6.47. The number of aliphatic hydroxyl groups excluding tert-OH is 1. The molecule has 2 aromatic rings. The molecule has 0 saturated carbocycles. The van der Waals surface area contributed by atoms with Gasteiger partial charge in [0.05, 0.1) is 7.11 Å². The Kier molecular flexibility index (Phi) is 5.06. The average molecular weight is 313 g/mol. The Morgan fingerprint density at radius 1 is 1.13 bits per heavy atom. The Bertz CT molecular complexity index is 675. The Balaban J connectivity index is 2.41. The van der Waals surface area contributed by atoms with Gasteiger partial charge in [-0.15, -0.1) is 0 Å². The molecule has 2 aromatic carbocycles. The number of carbonyl (C=O) groups excluding carboxylic acids is 1. The molecule has 0 bridgehead atoms. The minimum Gasteiger partial charge on any atom is -0.497 e. The summed E-state index contributed by atoms with van der Waals surface area (Å²) in [6, 6.07) is 14.6. The molecule has 0 aliphatic carbocycles. The summed E-state index contributed by atoms with van der Waals surface area (Å²) in [5, 5.41) is 13.6. The quantitative estimate of drug-likeness (QED) is 0.903. The summed E-state index contributed by atoms with van der Waals surface area (Å²) >= 11 is 0. The Morgan fingerprint density at radius 2 is 1.78 bits per heavy atom. The van der Waals surface area contributed by atoms with Crippen molar-refractivity contribution in [1.29, 1.82) is 0 Å². The van der Waals surface area contributed by atoms with Crippen molar-refractivity contribution in [3.8, 4) is 5.75 Å². The van der Waals surface area contributed by atoms with Gasteiger partial charge in [0, 0.05) is 16.7 Å². The first kappa shape index (κ1) is 17.0. The van der Waals surface area contributed by atoms with E-state index in [1.165, 1.54) is 0 Å². The fraction of sp³-hybridized carbons (Fsp3) is 0.316. The van der Waals surface area contributed by atoms with Crippen LogP contribution >= 0.6 is 0 Å². The predicted molar refractivity (Wildman–Crippen MR) is 91.6 cm³/mol. The molecule has 1 unspecified atom stereocenters. The number of aliphatic hydroxyl groups is 1. The molecular weight excluding hydrogens is 290 g/mol. The van der Waals surface area contributed by atoms with Crippen LogP contribution in [-0.4, -0.2) is 18.1 Å². The lowest BCUT2D eigenvalue weighted by Crippen LogP contribution is -2.28. The van der Waals surface area contributed by atoms with Crippen molar-refractivity contribution < 1.29 is 14.6 Å². The van der Waals surface area contributed by atoms with E-state index < -0.39 is 11.5 Å². The van der Waals surface area contributed by atoms with E-state index in [0.29, 0.717) is 17.0 Å². The third-order valence-corrected chi connectivity index (χ3v) is 3.60. The van der Waals surface area contributed by atoms with Crippen molar-refractivity contribution in [2.75, 3.05) is 12.4 Å². The van der Waals surface area contributed by atoms with Crippen LogP contribution in [0, 0.1) is 5.41 Å². The number of benzene rings is 2. The number of carbonyl (C=O) groups is 1. The van der Waals surface area contributed by atoms with Gasteiger partial charge in [-0.2, -0.15) is 0 Å². The number of amides is 1. The summed E-state index contributed by atoms with van der Waals surface area (Å²) in [6.07, 6.45) is -0.846. The standard InChI is InChI=1S/C19H23NO3/c1-19(2,3)18(22)20-16-11-10-14(23-4)12-15(16)17(21)13-8-6-5-7-9-13/h5-12,17,21H,1-4H3,(H,20,22). The summed E-state index contributed by atoms with van der Waals surface area (Å²) < 4.78 is 5.24. The molecule has 4 nitrogen and oxygen atoms in total. The van der Waals surface area contributed by atoms with E-state index >= 15 is 0 Å². The van der Waals surface area contributed by atoms with Crippen LogP contribution in [0.15, 0.2) is 48.5 Å². The first-order valence-corrected chi connectivity index (χ1v) is 7.55. The lowest BCUT2D eigenvalue weighted by Gasteiger charge is -2.22. The minimum atomic E-state index is -0.846. The zero-order valence-corrected chi connectivity index (χ0v) is 14.0. The summed E-state index contributed by atoms with van der Waals surface area (Å²) in [6.45, 7) is 5.54. The van der Waals surface area contributed by atoms with Crippen molar-refractivity contribution in [3.63, 3.8) is 0 Å². The van der Waals surface area contributed by atoms with Crippen LogP contribution in [0.1, 0.15) is 38.0 Å². The molecule has 0 aromatic heterocycles. The minimum absolute atomic E-state index is 0.107. The molecule has 0 aliphatic rings. The monoisotopic (exact) mass is 313 g/mol. The highest BCUT2D eigenvalue weighted by Crippen LogP contribution is 2.32. The smallest absolute Gasteiger partial charge is 0.229 e. The van der Waals surface area contributed by atoms with Gasteiger partial charge in [0.2, 0.25) is 5.91 Å². The summed E-state index contributed by atoms with van der Waals surface area (Å²) in [5.74, 6) is 0.521. The first-order chi connectivity index (χ1) is 10.8. The zero-order chi connectivity index (χ0) is 17.0. The van der Waals surface area contributed by atoms with Gasteiger partial charge in [0.1, 0.15) is 11.9 Å². The molecule has 1 atom stereocenters. The largest absolute Gasteiger partial charge is 0.497 e. The Labute approximate surface area is 137 Å². The van der Waals surface area contributed by atoms with Crippen LogP contribution in [0.5, 0.6) is 5.75 Å². The second kappa shape index (κ2) is 6.84. The predicted octanol–water partition coefficient (Wildman–Crippen LogP) is 3.76. The molecule has 0 heterocycles. The van der Waals surface area contributed by atoms with Gasteiger partial charge in [-0.05, 0) is 23.8 Å². The number of methoxy groups -OCH3 is 1. The van der Waals surface area contributed by atoms with Crippen LogP contribution < -0.4 is 10.1 Å². The molecule has 122 valence electrons. The molecule has 0 spiro atoms. The van der Waals surface area contributed by atoms with Gasteiger partial charge in [-0.25, -0.2) is 0 Å². The molecule has 2 rings (SSSR count). The van der Waals surface area contributed by atoms with Gasteiger partial charge in [0.25, 0.3) is 0 Å². The van der Waals surface area contributed by atoms with Crippen molar-refractivity contribution in [1.82, 2.24) is 0 Å². The number of nitrogens with one attached hydrogen (secondary N) is 1. The van der Waals surface area contributed by atoms with Gasteiger partial charge in [0.15, 0.2) is 0 Å². The van der Waals surface area contributed by atoms with Crippen molar-refractivity contribution >= 4 is 11.6 Å². The van der Waals surface area contributed by atoms with Crippen LogP contribution in [0.25, 0.3) is 0 Å². The lowest BCUT2D eigenvalue weighted by molar-refractivity contribution is -0.123. The molecule has 0 aliphatic heterocycles. The molecule has 2 N–H and O–H groups in total. The second-order valence-corrected chi connectivity index (χ2v) is 6.47. The van der Waals surface area contributed by atoms with Crippen molar-refractivity contribution in [2.45, 2.75) is 26.9 Å². The molecule has 0 radical (unpaired) electrons. The van der Waals surface area contributed by atoms with E-state index in [9.17, 15) is 9.90 Å². The highest BCUT2D eigenvalue weighted by Gasteiger charge is 2.24. The fourth-order valence-electron chi connectivity index (χ4n) is 2.13. The zero-order valence-electron chi connectivity index (χ0n) is 14.0. The van der Waals surface area contributed by atoms with E-state index in [2.05, 4.69) is 5.32 Å². The van der Waals surface area contributed by atoms with Crippen molar-refractivity contribution in [2.24, 2.45) is 5.41 Å². The van der Waals surface area contributed by atoms with E-state index in [0.717, 1.165) is 5.56 Å². The molecular formula is C19H23NO3. The highest BCUT2D eigenvalue weighted by molar-refractivity contribution is 5.95. The van der Waals surface area contributed by atoms with Gasteiger partial charge >= 0.3 is 0 Å². The van der Waals surface area contributed by atoms with E-state index in [1.807, 2.05) is 51.1 Å². The SMILES string of the molecule is COc1ccc(NC(=O)C(C)(C)C)c(C(O)c2ccccc2)c1. The maximum absolute atomic E-state index is 12.3. The number of anilines is 1. The maximum atomic E-state index is 12.3. The summed E-state index contributed by atoms with van der Waals surface area (Å²) in [5.41, 5.74) is 1.43. The van der Waals surface area contributed by atoms with Gasteiger partial charge < -0.3 is 15.2 Å². The van der Waals surface area contributed by atoms with Gasteiger partial charge in [-0.3, -0.25) is 4.79 Å². The van der Waals surface area contributed by atoms with Crippen LogP contribution in [0.4, 0.5) is 5.69 Å². The normalized spacial score (nSPS) is 12.6. The lowest BCUT2D eigenvalue weighted by atomic mass is 9.94. The third-order valence-electron chi connectivity index (χ3n) is 3.60. The molecule has 4 heteroatoms. The van der Waals surface area contributed by atoms with Crippen molar-refractivity contribution in [3.05, 3.63) is 59.7 Å². The van der Waals surface area contributed by atoms with Crippen LogP contribution in [0.3, 0.4) is 0 Å². The summed E-state index contributed by atoms with van der Waals surface area (Å²) in [7, 11) is 1.57. The molecule has 0 saturated heterocycles. The first-order valence-electron chi connectivity index (χ1n) is 7.55. The number of hydrogen-bond acceptors (Lipinski definition) is 3. The van der Waals surface area contributed by atoms with Crippen LogP contribution in [0.2, 0.25) is 0 Å². The number of hydrogen-bond donors (Lipinski definition) is 2. The van der Waals surface area contributed by atoms with E-state index in [1.54, 1.807) is 25.3 Å². The van der Waals surface area contributed by atoms with Gasteiger partial charge in [-0.1, -0.05) is 51.1 Å². The van der Waals surface area contributed by atoms with E-state index in [4.69, 9.17) is 4.74 Å². The number of ether oxygens (including phenoxy) is 1. The van der Waals surface area contributed by atoms with Crippen LogP contribution in [-0.2, 0) is 4.79 Å². The average Bonchev–Trinajstić information content (AvgIpc) is 2.54. The Morgan fingerprint density at radius 3 is 2.35 bits per heavy atom. The molecule has 1 amide bonds.